The first-order valence-electron chi connectivity index (χ1n) is 5.76. The average Bonchev–Trinajstić information content (AvgIpc) is 2.02. The van der Waals surface area contributed by atoms with Gasteiger partial charge in [0.1, 0.15) is 0 Å². The van der Waals surface area contributed by atoms with Gasteiger partial charge in [0, 0.05) is 6.42 Å². The Bertz CT molecular complexity index is 213. The second-order valence-corrected chi connectivity index (χ2v) is 10.1. The quantitative estimate of drug-likeness (QED) is 0.638. The molecule has 1 nitrogen and oxygen atoms in total. The van der Waals surface area contributed by atoms with E-state index in [2.05, 4.69) is 39.6 Å². The molecule has 1 rings (SSSR count). The zero-order chi connectivity index (χ0) is 10.8. The molecule has 0 aromatic rings. The third kappa shape index (κ3) is 3.87. The summed E-state index contributed by atoms with van der Waals surface area (Å²) in [4.78, 5) is 0. The predicted octanol–water partition coefficient (Wildman–Crippen LogP) is 4.18. The van der Waals surface area contributed by atoms with Crippen LogP contribution in [0.4, 0.5) is 0 Å². The van der Waals surface area contributed by atoms with E-state index in [1.165, 1.54) is 18.6 Å². The fourth-order valence-electron chi connectivity index (χ4n) is 1.92. The van der Waals surface area contributed by atoms with Crippen molar-refractivity contribution in [1.82, 2.24) is 0 Å². The Balaban J connectivity index is 2.45. The molecule has 0 unspecified atom stereocenters. The van der Waals surface area contributed by atoms with Crippen LogP contribution < -0.4 is 0 Å². The summed E-state index contributed by atoms with van der Waals surface area (Å²) in [5, 5.41) is 0. The first-order valence-corrected chi connectivity index (χ1v) is 9.17. The van der Waals surface area contributed by atoms with Crippen LogP contribution in [0, 0.1) is 11.8 Å². The molecule has 0 aromatic heterocycles. The molecule has 0 heterocycles. The van der Waals surface area contributed by atoms with Crippen molar-refractivity contribution in [3.63, 3.8) is 0 Å². The van der Waals surface area contributed by atoms with Gasteiger partial charge in [0.05, 0.1) is 5.76 Å². The summed E-state index contributed by atoms with van der Waals surface area (Å²) < 4.78 is 6.01. The maximum atomic E-state index is 6.01. The van der Waals surface area contributed by atoms with Crippen LogP contribution >= 0.6 is 0 Å². The lowest BCUT2D eigenvalue weighted by atomic mass is 9.85. The van der Waals surface area contributed by atoms with Gasteiger partial charge in [-0.15, -0.1) is 0 Å². The molecule has 1 aliphatic carbocycles. The fraction of sp³-hybridized carbons (Fsp3) is 0.833. The van der Waals surface area contributed by atoms with Crippen molar-refractivity contribution < 1.29 is 4.43 Å². The molecule has 0 fully saturated rings. The van der Waals surface area contributed by atoms with E-state index in [0.717, 1.165) is 18.3 Å². The van der Waals surface area contributed by atoms with Crippen molar-refractivity contribution in [3.05, 3.63) is 11.8 Å². The van der Waals surface area contributed by atoms with Gasteiger partial charge in [0.25, 0.3) is 0 Å². The highest BCUT2D eigenvalue weighted by atomic mass is 28.4. The van der Waals surface area contributed by atoms with E-state index >= 15 is 0 Å². The topological polar surface area (TPSA) is 9.23 Å². The summed E-state index contributed by atoms with van der Waals surface area (Å²) in [6.07, 6.45) is 6.02. The Morgan fingerprint density at radius 3 is 2.36 bits per heavy atom. The van der Waals surface area contributed by atoms with E-state index in [9.17, 15) is 0 Å². The van der Waals surface area contributed by atoms with E-state index in [0.29, 0.717) is 0 Å². The molecule has 0 saturated heterocycles. The van der Waals surface area contributed by atoms with Crippen molar-refractivity contribution in [2.24, 2.45) is 11.8 Å². The second-order valence-electron chi connectivity index (χ2n) is 5.66. The van der Waals surface area contributed by atoms with Crippen molar-refractivity contribution in [3.8, 4) is 0 Å². The lowest BCUT2D eigenvalue weighted by molar-refractivity contribution is 0.300. The normalized spacial score (nSPS) is 23.6. The van der Waals surface area contributed by atoms with Crippen molar-refractivity contribution >= 4 is 8.32 Å². The molecule has 1 atom stereocenters. The molecule has 0 aromatic carbocycles. The van der Waals surface area contributed by atoms with E-state index in [-0.39, 0.29) is 0 Å². The van der Waals surface area contributed by atoms with Crippen LogP contribution in [-0.4, -0.2) is 8.32 Å². The third-order valence-electron chi connectivity index (χ3n) is 2.79. The summed E-state index contributed by atoms with van der Waals surface area (Å²) in [6.45, 7) is 11.4. The van der Waals surface area contributed by atoms with Gasteiger partial charge in [-0.2, -0.15) is 0 Å². The standard InChI is InChI=1S/C12H24OSi/c1-10(2)11-6-8-12(9-7-11)13-14(3,4)5/h8,10-11H,6-7,9H2,1-5H3/t11-/m1/s1. The van der Waals surface area contributed by atoms with E-state index in [1.807, 2.05) is 0 Å². The van der Waals surface area contributed by atoms with Gasteiger partial charge in [0.2, 0.25) is 8.32 Å². The number of rotatable bonds is 3. The lowest BCUT2D eigenvalue weighted by Crippen LogP contribution is -2.26. The molecule has 0 saturated carbocycles. The fourth-order valence-corrected chi connectivity index (χ4v) is 2.89. The van der Waals surface area contributed by atoms with Crippen LogP contribution in [0.15, 0.2) is 11.8 Å². The smallest absolute Gasteiger partial charge is 0.241 e. The molecule has 82 valence electrons. The summed E-state index contributed by atoms with van der Waals surface area (Å²) in [6, 6.07) is 0. The third-order valence-corrected chi connectivity index (χ3v) is 3.66. The minimum Gasteiger partial charge on any atom is -0.548 e. The van der Waals surface area contributed by atoms with Gasteiger partial charge in [-0.3, -0.25) is 0 Å². The zero-order valence-electron chi connectivity index (χ0n) is 10.3. The van der Waals surface area contributed by atoms with E-state index in [1.54, 1.807) is 0 Å². The highest BCUT2D eigenvalue weighted by Crippen LogP contribution is 2.30. The minimum absolute atomic E-state index is 0.819. The summed E-state index contributed by atoms with van der Waals surface area (Å²) in [5.41, 5.74) is 0. The molecule has 14 heavy (non-hydrogen) atoms. The van der Waals surface area contributed by atoms with Crippen molar-refractivity contribution in [1.29, 1.82) is 0 Å². The SMILES string of the molecule is CC(C)[C@@H]1CC=C(O[Si](C)(C)C)CC1. The molecule has 0 radical (unpaired) electrons. The van der Waals surface area contributed by atoms with Crippen LogP contribution in [0.3, 0.4) is 0 Å². The largest absolute Gasteiger partial charge is 0.548 e. The Labute approximate surface area is 89.7 Å². The average molecular weight is 212 g/mol. The first kappa shape index (κ1) is 11.8. The Morgan fingerprint density at radius 1 is 1.36 bits per heavy atom. The van der Waals surface area contributed by atoms with Crippen LogP contribution in [0.1, 0.15) is 33.1 Å². The maximum Gasteiger partial charge on any atom is 0.241 e. The summed E-state index contributed by atoms with van der Waals surface area (Å²) in [5.74, 6) is 2.96. The minimum atomic E-state index is -1.36. The molecule has 2 heteroatoms. The van der Waals surface area contributed by atoms with Crippen LogP contribution in [0.5, 0.6) is 0 Å². The van der Waals surface area contributed by atoms with Gasteiger partial charge in [-0.25, -0.2) is 0 Å². The van der Waals surface area contributed by atoms with Gasteiger partial charge in [0.15, 0.2) is 0 Å². The van der Waals surface area contributed by atoms with Crippen LogP contribution in [0.2, 0.25) is 19.6 Å². The molecule has 0 bridgehead atoms. The Kier molecular flexibility index (Phi) is 3.82. The monoisotopic (exact) mass is 212 g/mol. The lowest BCUT2D eigenvalue weighted by Gasteiger charge is -2.28. The first-order chi connectivity index (χ1) is 6.38. The van der Waals surface area contributed by atoms with Crippen molar-refractivity contribution in [2.45, 2.75) is 52.8 Å². The van der Waals surface area contributed by atoms with Gasteiger partial charge >= 0.3 is 0 Å². The van der Waals surface area contributed by atoms with Gasteiger partial charge in [-0.1, -0.05) is 13.8 Å². The molecule has 0 spiro atoms. The van der Waals surface area contributed by atoms with Crippen LogP contribution in [0.25, 0.3) is 0 Å². The van der Waals surface area contributed by atoms with E-state index < -0.39 is 8.32 Å². The Hall–Kier alpha value is -0.243. The van der Waals surface area contributed by atoms with Crippen molar-refractivity contribution in [2.75, 3.05) is 0 Å². The second kappa shape index (κ2) is 4.52. The van der Waals surface area contributed by atoms with E-state index in [4.69, 9.17) is 4.43 Å². The highest BCUT2D eigenvalue weighted by Gasteiger charge is 2.22. The van der Waals surface area contributed by atoms with Crippen LogP contribution in [-0.2, 0) is 4.43 Å². The number of hydrogen-bond donors (Lipinski definition) is 0. The maximum absolute atomic E-state index is 6.01. The summed E-state index contributed by atoms with van der Waals surface area (Å²) >= 11 is 0. The van der Waals surface area contributed by atoms with Gasteiger partial charge in [-0.05, 0) is 50.4 Å². The highest BCUT2D eigenvalue weighted by molar-refractivity contribution is 6.70. The van der Waals surface area contributed by atoms with Gasteiger partial charge < -0.3 is 4.43 Å². The molecular formula is C12H24OSi. The molecule has 1 aliphatic rings. The zero-order valence-corrected chi connectivity index (χ0v) is 11.3. The summed E-state index contributed by atoms with van der Waals surface area (Å²) in [7, 11) is -1.36. The molecule has 0 amide bonds. The molecule has 0 N–H and O–H groups in total. The number of allylic oxidation sites excluding steroid dienone is 2. The number of hydrogen-bond acceptors (Lipinski definition) is 1. The molecule has 0 aliphatic heterocycles. The predicted molar refractivity (Wildman–Crippen MR) is 64.7 cm³/mol. The molecular weight excluding hydrogens is 188 g/mol. The Morgan fingerprint density at radius 2 is 2.00 bits per heavy atom.